The van der Waals surface area contributed by atoms with Gasteiger partial charge in [-0.2, -0.15) is 0 Å². The third-order valence-corrected chi connectivity index (χ3v) is 5.06. The fourth-order valence-electron chi connectivity index (χ4n) is 3.60. The highest BCUT2D eigenvalue weighted by Crippen LogP contribution is 2.37. The molecule has 1 saturated heterocycles. The predicted octanol–water partition coefficient (Wildman–Crippen LogP) is 0.919. The van der Waals surface area contributed by atoms with Crippen LogP contribution in [0.2, 0.25) is 0 Å². The summed E-state index contributed by atoms with van der Waals surface area (Å²) in [7, 11) is 0. The van der Waals surface area contributed by atoms with Crippen LogP contribution in [0.5, 0.6) is 0 Å². The minimum absolute atomic E-state index is 0.0390. The van der Waals surface area contributed by atoms with Crippen molar-refractivity contribution in [2.75, 3.05) is 13.1 Å². The zero-order valence-corrected chi connectivity index (χ0v) is 14.7. The van der Waals surface area contributed by atoms with E-state index in [4.69, 9.17) is 21.0 Å². The zero-order valence-electron chi connectivity index (χ0n) is 14.7. The Balaban J connectivity index is 1.53. The molecule has 1 heterocycles. The Labute approximate surface area is 156 Å². The van der Waals surface area contributed by atoms with Gasteiger partial charge in [-0.15, -0.1) is 0 Å². The van der Waals surface area contributed by atoms with Crippen LogP contribution in [0, 0.1) is 5.41 Å². The molecule has 5 N–H and O–H groups in total. The highest BCUT2D eigenvalue weighted by Gasteiger charge is 2.47. The number of nitrogen functional groups attached to an aromatic ring is 1. The van der Waals surface area contributed by atoms with Gasteiger partial charge in [-0.25, -0.2) is 4.79 Å². The van der Waals surface area contributed by atoms with Gasteiger partial charge in [0.25, 0.3) is 5.91 Å². The second-order valence-corrected chi connectivity index (χ2v) is 7.04. The zero-order chi connectivity index (χ0) is 19.6. The number of nitrogens with one attached hydrogen (secondary N) is 2. The lowest BCUT2D eigenvalue weighted by molar-refractivity contribution is -0.137. The number of nitrogens with two attached hydrogens (primary N) is 1. The number of rotatable bonds is 5. The van der Waals surface area contributed by atoms with Crippen LogP contribution in [0.4, 0.5) is 4.79 Å². The summed E-state index contributed by atoms with van der Waals surface area (Å²) in [4.78, 5) is 36.3. The van der Waals surface area contributed by atoms with Crippen LogP contribution in [0.15, 0.2) is 24.3 Å². The number of carboxylic acids is 1. The highest BCUT2D eigenvalue weighted by atomic mass is 16.6. The molecule has 9 heteroatoms. The van der Waals surface area contributed by atoms with Crippen molar-refractivity contribution in [3.8, 4) is 0 Å². The van der Waals surface area contributed by atoms with Crippen LogP contribution in [0.25, 0.3) is 0 Å². The molecule has 1 spiro atoms. The third kappa shape index (κ3) is 4.18. The van der Waals surface area contributed by atoms with Gasteiger partial charge < -0.3 is 20.9 Å². The van der Waals surface area contributed by atoms with Crippen molar-refractivity contribution >= 4 is 23.8 Å². The summed E-state index contributed by atoms with van der Waals surface area (Å²) in [5, 5.41) is 19.2. The molecule has 1 saturated carbocycles. The van der Waals surface area contributed by atoms with Crippen LogP contribution >= 0.6 is 0 Å². The van der Waals surface area contributed by atoms with E-state index in [1.807, 2.05) is 0 Å². The second kappa shape index (κ2) is 7.26. The van der Waals surface area contributed by atoms with Gasteiger partial charge in [0, 0.05) is 17.2 Å². The summed E-state index contributed by atoms with van der Waals surface area (Å²) in [6, 6.07) is 6.46. The normalized spacial score (nSPS) is 24.5. The number of nitrogens with zero attached hydrogens (tertiary/aromatic N) is 1. The Kier molecular flexibility index (Phi) is 5.02. The van der Waals surface area contributed by atoms with Crippen LogP contribution in [-0.4, -0.2) is 58.5 Å². The Morgan fingerprint density at radius 1 is 1.26 bits per heavy atom. The fourth-order valence-corrected chi connectivity index (χ4v) is 3.60. The van der Waals surface area contributed by atoms with E-state index in [2.05, 4.69) is 5.32 Å². The largest absolute Gasteiger partial charge is 0.480 e. The second-order valence-electron chi connectivity index (χ2n) is 7.04. The molecule has 3 rings (SSSR count). The first-order valence-electron chi connectivity index (χ1n) is 8.73. The number of benzene rings is 1. The summed E-state index contributed by atoms with van der Waals surface area (Å²) in [5.41, 5.74) is 5.79. The van der Waals surface area contributed by atoms with Gasteiger partial charge in [-0.3, -0.25) is 19.9 Å². The molecule has 1 aromatic carbocycles. The average Bonchev–Trinajstić information content (AvgIpc) is 2.91. The molecular weight excluding hydrogens is 352 g/mol. The Morgan fingerprint density at radius 3 is 2.41 bits per heavy atom. The lowest BCUT2D eigenvalue weighted by Gasteiger charge is -2.35. The van der Waals surface area contributed by atoms with Gasteiger partial charge in [-0.1, -0.05) is 12.1 Å². The number of carboxylic acid groups (broad SMARTS) is 1. The monoisotopic (exact) mass is 374 g/mol. The molecule has 144 valence electrons. The van der Waals surface area contributed by atoms with Gasteiger partial charge >= 0.3 is 12.1 Å². The van der Waals surface area contributed by atoms with Gasteiger partial charge in [0.2, 0.25) is 0 Å². The molecule has 1 aromatic rings. The number of aliphatic carboxylic acids is 1. The van der Waals surface area contributed by atoms with E-state index < -0.39 is 17.7 Å². The van der Waals surface area contributed by atoms with Crippen molar-refractivity contribution in [3.63, 3.8) is 0 Å². The molecule has 0 bridgehead atoms. The first-order chi connectivity index (χ1) is 12.8. The SMILES string of the molecule is N=C(N)c1ccc(C(=O)NC2CCC3(CC2)CN(CC(=O)O)C(=O)O3)cc1. The smallest absolute Gasteiger partial charge is 0.411 e. The van der Waals surface area contributed by atoms with Crippen LogP contribution in [0.3, 0.4) is 0 Å². The van der Waals surface area contributed by atoms with Gasteiger partial charge in [0.15, 0.2) is 0 Å². The number of carbonyl (C=O) groups is 3. The van der Waals surface area contributed by atoms with Crippen LogP contribution in [0.1, 0.15) is 41.6 Å². The summed E-state index contributed by atoms with van der Waals surface area (Å²) in [6.45, 7) is -0.0949. The maximum atomic E-state index is 12.4. The summed E-state index contributed by atoms with van der Waals surface area (Å²) < 4.78 is 5.46. The molecule has 0 radical (unpaired) electrons. The van der Waals surface area contributed by atoms with Crippen molar-refractivity contribution in [2.45, 2.75) is 37.3 Å². The van der Waals surface area contributed by atoms with E-state index in [1.165, 1.54) is 4.90 Å². The minimum atomic E-state index is -1.07. The maximum Gasteiger partial charge on any atom is 0.411 e. The molecule has 1 aliphatic heterocycles. The number of carbonyl (C=O) groups excluding carboxylic acids is 2. The summed E-state index contributed by atoms with van der Waals surface area (Å²) in [6.07, 6.45) is 1.84. The number of hydrogen-bond donors (Lipinski definition) is 4. The molecule has 1 aliphatic carbocycles. The van der Waals surface area contributed by atoms with Gasteiger partial charge in [0.1, 0.15) is 18.0 Å². The first-order valence-corrected chi connectivity index (χ1v) is 8.73. The molecular formula is C18H22N4O5. The number of amides is 2. The Morgan fingerprint density at radius 2 is 1.85 bits per heavy atom. The van der Waals surface area contributed by atoms with Crippen molar-refractivity contribution < 1.29 is 24.2 Å². The lowest BCUT2D eigenvalue weighted by Crippen LogP contribution is -2.45. The third-order valence-electron chi connectivity index (χ3n) is 5.06. The standard InChI is InChI=1S/C18H22N4O5/c19-15(20)11-1-3-12(4-2-11)16(25)21-13-5-7-18(8-6-13)10-22(9-14(23)24)17(26)27-18/h1-4,13H,5-10H2,(H3,19,20)(H,21,25)(H,23,24). The van der Waals surface area contributed by atoms with Gasteiger partial charge in [-0.05, 0) is 37.8 Å². The van der Waals surface area contributed by atoms with Crippen molar-refractivity contribution in [3.05, 3.63) is 35.4 Å². The van der Waals surface area contributed by atoms with Crippen molar-refractivity contribution in [2.24, 2.45) is 5.73 Å². The topological polar surface area (TPSA) is 146 Å². The van der Waals surface area contributed by atoms with E-state index in [-0.39, 0.29) is 30.9 Å². The maximum absolute atomic E-state index is 12.4. The molecule has 0 atom stereocenters. The van der Waals surface area contributed by atoms with E-state index in [9.17, 15) is 14.4 Å². The summed E-state index contributed by atoms with van der Waals surface area (Å²) >= 11 is 0. The van der Waals surface area contributed by atoms with Crippen LogP contribution < -0.4 is 11.1 Å². The summed E-state index contributed by atoms with van der Waals surface area (Å²) in [5.74, 6) is -1.33. The van der Waals surface area contributed by atoms with Gasteiger partial charge in [0.05, 0.1) is 6.54 Å². The first kappa shape index (κ1) is 18.7. The highest BCUT2D eigenvalue weighted by molar-refractivity contribution is 5.98. The van der Waals surface area contributed by atoms with Crippen LogP contribution in [-0.2, 0) is 9.53 Å². The lowest BCUT2D eigenvalue weighted by atomic mass is 9.82. The molecule has 2 amide bonds. The quantitative estimate of drug-likeness (QED) is 0.445. The molecule has 9 nitrogen and oxygen atoms in total. The van der Waals surface area contributed by atoms with E-state index in [0.29, 0.717) is 36.8 Å². The molecule has 27 heavy (non-hydrogen) atoms. The molecule has 2 fully saturated rings. The Bertz CT molecular complexity index is 768. The van der Waals surface area contributed by atoms with E-state index in [1.54, 1.807) is 24.3 Å². The minimum Gasteiger partial charge on any atom is -0.480 e. The van der Waals surface area contributed by atoms with E-state index in [0.717, 1.165) is 0 Å². The number of ether oxygens (including phenoxy) is 1. The average molecular weight is 374 g/mol. The van der Waals surface area contributed by atoms with Crippen molar-refractivity contribution in [1.29, 1.82) is 5.41 Å². The number of amidine groups is 1. The van der Waals surface area contributed by atoms with Crippen molar-refractivity contribution in [1.82, 2.24) is 10.2 Å². The Hall–Kier alpha value is -3.10. The molecule has 0 aromatic heterocycles. The molecule has 0 unspecified atom stereocenters. The van der Waals surface area contributed by atoms with E-state index >= 15 is 0 Å². The fraction of sp³-hybridized carbons (Fsp3) is 0.444. The predicted molar refractivity (Wildman–Crippen MR) is 95.6 cm³/mol. The number of hydrogen-bond acceptors (Lipinski definition) is 5. The molecule has 2 aliphatic rings.